The molecule has 16 heavy (non-hydrogen) atoms. The summed E-state index contributed by atoms with van der Waals surface area (Å²) in [5, 5.41) is 6.10. The number of hydrogen-bond donors (Lipinski definition) is 0. The van der Waals surface area contributed by atoms with E-state index in [1.807, 2.05) is 32.1 Å². The Morgan fingerprint density at radius 3 is 2.56 bits per heavy atom. The van der Waals surface area contributed by atoms with Gasteiger partial charge >= 0.3 is 0 Å². The van der Waals surface area contributed by atoms with Crippen LogP contribution in [0.3, 0.4) is 0 Å². The average Bonchev–Trinajstić information content (AvgIpc) is 2.25. The van der Waals surface area contributed by atoms with Gasteiger partial charge in [0.1, 0.15) is 0 Å². The molecule has 2 heteroatoms. The third-order valence-corrected chi connectivity index (χ3v) is 2.16. The van der Waals surface area contributed by atoms with Crippen LogP contribution in [-0.4, -0.2) is 24.8 Å². The van der Waals surface area contributed by atoms with Gasteiger partial charge in [-0.05, 0) is 31.4 Å². The summed E-state index contributed by atoms with van der Waals surface area (Å²) >= 11 is 0. The van der Waals surface area contributed by atoms with Crippen LogP contribution < -0.4 is 0 Å². The Balaban J connectivity index is 2.33. The molecule has 0 atom stereocenters. The van der Waals surface area contributed by atoms with Crippen molar-refractivity contribution in [3.63, 3.8) is 0 Å². The molecule has 0 heterocycles. The van der Waals surface area contributed by atoms with E-state index in [0.717, 1.165) is 18.6 Å². The van der Waals surface area contributed by atoms with Crippen molar-refractivity contribution in [2.45, 2.75) is 19.8 Å². The Bertz CT molecular complexity index is 350. The third kappa shape index (κ3) is 5.35. The molecule has 1 rings (SSSR count). The molecule has 0 unspecified atom stereocenters. The van der Waals surface area contributed by atoms with Crippen molar-refractivity contribution in [1.29, 1.82) is 0 Å². The van der Waals surface area contributed by atoms with E-state index in [1.165, 1.54) is 5.56 Å². The van der Waals surface area contributed by atoms with Crippen LogP contribution in [-0.2, 0) is 6.42 Å². The molecule has 0 spiro atoms. The van der Waals surface area contributed by atoms with E-state index < -0.39 is 0 Å². The van der Waals surface area contributed by atoms with Crippen LogP contribution in [0.4, 0.5) is 0 Å². The van der Waals surface area contributed by atoms with Gasteiger partial charge in [0.2, 0.25) is 0 Å². The highest BCUT2D eigenvalue weighted by Crippen LogP contribution is 2.02. The van der Waals surface area contributed by atoms with Gasteiger partial charge in [-0.2, -0.15) is 5.10 Å². The molecule has 1 aromatic carbocycles. The molecule has 0 saturated carbocycles. The van der Waals surface area contributed by atoms with E-state index in [9.17, 15) is 0 Å². The number of nitrogens with zero attached hydrogens (tertiary/aromatic N) is 2. The second-order valence-corrected chi connectivity index (χ2v) is 4.02. The third-order valence-electron chi connectivity index (χ3n) is 2.16. The summed E-state index contributed by atoms with van der Waals surface area (Å²) in [6, 6.07) is 10.5. The fourth-order valence-electron chi connectivity index (χ4n) is 1.50. The lowest BCUT2D eigenvalue weighted by atomic mass is 10.1. The zero-order valence-corrected chi connectivity index (χ0v) is 10.4. The van der Waals surface area contributed by atoms with Crippen molar-refractivity contribution in [3.8, 4) is 0 Å². The topological polar surface area (TPSA) is 15.6 Å². The van der Waals surface area contributed by atoms with Crippen molar-refractivity contribution >= 4 is 5.71 Å². The zero-order chi connectivity index (χ0) is 11.8. The molecule has 0 radical (unpaired) electrons. The standard InChI is InChI=1S/C14H20N2/c1-13(15-16(2)3)9-7-8-12-14-10-5-4-6-11-14/h4-7,9-11H,8,12H2,1-3H3/b9-7+,15-13+. The van der Waals surface area contributed by atoms with Crippen LogP contribution in [0.15, 0.2) is 47.6 Å². The fourth-order valence-corrected chi connectivity index (χ4v) is 1.50. The van der Waals surface area contributed by atoms with Crippen molar-refractivity contribution < 1.29 is 0 Å². The highest BCUT2D eigenvalue weighted by atomic mass is 15.4. The second kappa shape index (κ2) is 6.83. The van der Waals surface area contributed by atoms with E-state index in [2.05, 4.69) is 41.5 Å². The van der Waals surface area contributed by atoms with Gasteiger partial charge in [-0.25, -0.2) is 0 Å². The lowest BCUT2D eigenvalue weighted by molar-refractivity contribution is 0.438. The first kappa shape index (κ1) is 12.5. The molecule has 0 aliphatic heterocycles. The first-order valence-electron chi connectivity index (χ1n) is 5.61. The first-order chi connectivity index (χ1) is 7.68. The molecule has 0 aliphatic rings. The summed E-state index contributed by atoms with van der Waals surface area (Å²) in [6.07, 6.45) is 6.40. The van der Waals surface area contributed by atoms with Gasteiger partial charge in [-0.1, -0.05) is 36.4 Å². The molecular weight excluding hydrogens is 196 g/mol. The predicted molar refractivity (Wildman–Crippen MR) is 70.7 cm³/mol. The van der Waals surface area contributed by atoms with Crippen molar-refractivity contribution in [3.05, 3.63) is 48.0 Å². The van der Waals surface area contributed by atoms with Gasteiger partial charge in [0.05, 0.1) is 5.71 Å². The Labute approximate surface area is 98.3 Å². The largest absolute Gasteiger partial charge is 0.303 e. The van der Waals surface area contributed by atoms with Crippen LogP contribution in [0.1, 0.15) is 18.9 Å². The number of benzene rings is 1. The Hall–Kier alpha value is -1.57. The summed E-state index contributed by atoms with van der Waals surface area (Å²) in [7, 11) is 3.86. The van der Waals surface area contributed by atoms with Gasteiger partial charge in [0.15, 0.2) is 0 Å². The van der Waals surface area contributed by atoms with Crippen LogP contribution in [0.2, 0.25) is 0 Å². The van der Waals surface area contributed by atoms with E-state index in [1.54, 1.807) is 0 Å². The number of hydrazone groups is 1. The summed E-state index contributed by atoms with van der Waals surface area (Å²) in [5.74, 6) is 0. The molecule has 2 nitrogen and oxygen atoms in total. The quantitative estimate of drug-likeness (QED) is 0.545. The first-order valence-corrected chi connectivity index (χ1v) is 5.61. The number of aryl methyl sites for hydroxylation is 1. The number of rotatable bonds is 5. The molecule has 0 amide bonds. The lowest BCUT2D eigenvalue weighted by Gasteiger charge is -2.03. The molecule has 0 N–H and O–H groups in total. The summed E-state index contributed by atoms with van der Waals surface area (Å²) in [4.78, 5) is 0. The molecule has 0 aromatic heterocycles. The summed E-state index contributed by atoms with van der Waals surface area (Å²) < 4.78 is 0. The van der Waals surface area contributed by atoms with Crippen molar-refractivity contribution in [2.75, 3.05) is 14.1 Å². The van der Waals surface area contributed by atoms with E-state index in [-0.39, 0.29) is 0 Å². The monoisotopic (exact) mass is 216 g/mol. The van der Waals surface area contributed by atoms with Gasteiger partial charge in [0.25, 0.3) is 0 Å². The lowest BCUT2D eigenvalue weighted by Crippen LogP contribution is -2.04. The Morgan fingerprint density at radius 2 is 1.94 bits per heavy atom. The van der Waals surface area contributed by atoms with E-state index in [4.69, 9.17) is 0 Å². The molecule has 0 saturated heterocycles. The maximum atomic E-state index is 4.29. The van der Waals surface area contributed by atoms with Gasteiger partial charge in [0, 0.05) is 14.1 Å². The van der Waals surface area contributed by atoms with E-state index in [0.29, 0.717) is 0 Å². The van der Waals surface area contributed by atoms with Crippen LogP contribution >= 0.6 is 0 Å². The highest BCUT2D eigenvalue weighted by Gasteiger charge is 1.89. The smallest absolute Gasteiger partial charge is 0.0571 e. The molecule has 1 aromatic rings. The number of hydrogen-bond acceptors (Lipinski definition) is 2. The zero-order valence-electron chi connectivity index (χ0n) is 10.4. The molecular formula is C14H20N2. The van der Waals surface area contributed by atoms with E-state index >= 15 is 0 Å². The summed E-state index contributed by atoms with van der Waals surface area (Å²) in [5.41, 5.74) is 2.42. The molecule has 0 bridgehead atoms. The second-order valence-electron chi connectivity index (χ2n) is 4.02. The van der Waals surface area contributed by atoms with Crippen molar-refractivity contribution in [2.24, 2.45) is 5.10 Å². The Kier molecular flexibility index (Phi) is 5.34. The van der Waals surface area contributed by atoms with Crippen LogP contribution in [0.25, 0.3) is 0 Å². The molecule has 0 fully saturated rings. The average molecular weight is 216 g/mol. The maximum absolute atomic E-state index is 4.29. The maximum Gasteiger partial charge on any atom is 0.0571 e. The van der Waals surface area contributed by atoms with Gasteiger partial charge < -0.3 is 5.01 Å². The van der Waals surface area contributed by atoms with Gasteiger partial charge in [-0.15, -0.1) is 0 Å². The minimum absolute atomic E-state index is 1.04. The SMILES string of the molecule is CC(/C=C/CCc1ccccc1)=N\N(C)C. The minimum atomic E-state index is 1.04. The van der Waals surface area contributed by atoms with Crippen LogP contribution in [0.5, 0.6) is 0 Å². The fraction of sp³-hybridized carbons (Fsp3) is 0.357. The molecule has 86 valence electrons. The van der Waals surface area contributed by atoms with Gasteiger partial charge in [-0.3, -0.25) is 0 Å². The minimum Gasteiger partial charge on any atom is -0.303 e. The molecule has 0 aliphatic carbocycles. The highest BCUT2D eigenvalue weighted by molar-refractivity contribution is 5.92. The Morgan fingerprint density at radius 1 is 1.25 bits per heavy atom. The number of allylic oxidation sites excluding steroid dienone is 2. The predicted octanol–water partition coefficient (Wildman–Crippen LogP) is 3.11. The van der Waals surface area contributed by atoms with Crippen molar-refractivity contribution in [1.82, 2.24) is 5.01 Å². The van der Waals surface area contributed by atoms with Crippen LogP contribution in [0, 0.1) is 0 Å². The normalized spacial score (nSPS) is 12.1. The summed E-state index contributed by atoms with van der Waals surface area (Å²) in [6.45, 7) is 2.01.